The first kappa shape index (κ1) is 20.4. The maximum Gasteiger partial charge on any atom is 0.231 e. The zero-order valence-corrected chi connectivity index (χ0v) is 17.4. The summed E-state index contributed by atoms with van der Waals surface area (Å²) in [6.07, 6.45) is 1.10. The van der Waals surface area contributed by atoms with Gasteiger partial charge >= 0.3 is 0 Å². The van der Waals surface area contributed by atoms with Gasteiger partial charge in [0, 0.05) is 64.4 Å². The second-order valence-corrected chi connectivity index (χ2v) is 7.66. The lowest BCUT2D eigenvalue weighted by molar-refractivity contribution is 0.101. The third-order valence-corrected chi connectivity index (χ3v) is 5.37. The molecule has 1 aliphatic heterocycles. The Labute approximate surface area is 176 Å². The van der Waals surface area contributed by atoms with E-state index in [0.29, 0.717) is 11.8 Å². The van der Waals surface area contributed by atoms with Crippen molar-refractivity contribution in [2.75, 3.05) is 61.5 Å². The van der Waals surface area contributed by atoms with Gasteiger partial charge in [-0.15, -0.1) is 0 Å². The van der Waals surface area contributed by atoms with Crippen molar-refractivity contribution in [3.63, 3.8) is 0 Å². The Morgan fingerprint density at radius 3 is 2.60 bits per heavy atom. The van der Waals surface area contributed by atoms with Crippen LogP contribution in [0.25, 0.3) is 11.0 Å². The molecule has 3 heterocycles. The van der Waals surface area contributed by atoms with Crippen LogP contribution in [0.2, 0.25) is 0 Å². The van der Waals surface area contributed by atoms with E-state index in [1.807, 2.05) is 48.0 Å². The summed E-state index contributed by atoms with van der Waals surface area (Å²) in [4.78, 5) is 13.6. The van der Waals surface area contributed by atoms with Crippen molar-refractivity contribution >= 4 is 34.2 Å². The van der Waals surface area contributed by atoms with Gasteiger partial charge in [0.2, 0.25) is 5.95 Å². The maximum atomic E-state index is 9.84. The predicted octanol–water partition coefficient (Wildman–Crippen LogP) is 0.911. The van der Waals surface area contributed by atoms with Crippen molar-refractivity contribution in [3.05, 3.63) is 36.5 Å². The van der Waals surface area contributed by atoms with Gasteiger partial charge in [-0.2, -0.15) is 9.97 Å². The summed E-state index contributed by atoms with van der Waals surface area (Å²) in [5.41, 5.74) is 2.91. The summed E-state index contributed by atoms with van der Waals surface area (Å²) >= 11 is 0. The van der Waals surface area contributed by atoms with Gasteiger partial charge in [0.1, 0.15) is 11.5 Å². The molecule has 1 unspecified atom stereocenters. The van der Waals surface area contributed by atoms with E-state index in [-0.39, 0.29) is 13.2 Å². The van der Waals surface area contributed by atoms with Crippen molar-refractivity contribution in [1.29, 1.82) is 0 Å². The molecular formula is C21H29N7O2. The Kier molecular flexibility index (Phi) is 6.03. The predicted molar refractivity (Wildman–Crippen MR) is 120 cm³/mol. The summed E-state index contributed by atoms with van der Waals surface area (Å²) < 4.78 is 1.94. The zero-order valence-electron chi connectivity index (χ0n) is 17.4. The van der Waals surface area contributed by atoms with Gasteiger partial charge in [-0.25, -0.2) is 0 Å². The molecule has 1 aromatic carbocycles. The summed E-state index contributed by atoms with van der Waals surface area (Å²) in [6, 6.07) is 10.3. The van der Waals surface area contributed by atoms with Gasteiger partial charge in [0.15, 0.2) is 0 Å². The van der Waals surface area contributed by atoms with Gasteiger partial charge in [-0.05, 0) is 30.3 Å². The van der Waals surface area contributed by atoms with Crippen molar-refractivity contribution in [1.82, 2.24) is 19.9 Å². The van der Waals surface area contributed by atoms with Crippen LogP contribution in [-0.4, -0.2) is 77.2 Å². The molecule has 0 bridgehead atoms. The number of fused-ring (bicyclic) bond motifs is 1. The number of hydrogen-bond acceptors (Lipinski definition) is 8. The van der Waals surface area contributed by atoms with Crippen LogP contribution in [0, 0.1) is 0 Å². The number of benzene rings is 1. The molecule has 2 aromatic heterocycles. The molecule has 30 heavy (non-hydrogen) atoms. The van der Waals surface area contributed by atoms with Gasteiger partial charge in [-0.3, -0.25) is 0 Å². The fraction of sp³-hybridized carbons (Fsp3) is 0.429. The Hall–Kier alpha value is -2.88. The largest absolute Gasteiger partial charge is 0.394 e. The number of piperazine rings is 1. The molecule has 0 aliphatic carbocycles. The number of aliphatic hydroxyl groups excluding tert-OH is 2. The van der Waals surface area contributed by atoms with Crippen LogP contribution in [0.3, 0.4) is 0 Å². The summed E-state index contributed by atoms with van der Waals surface area (Å²) in [5.74, 6) is 1.19. The van der Waals surface area contributed by atoms with E-state index in [1.54, 1.807) is 0 Å². The molecule has 0 radical (unpaired) electrons. The minimum atomic E-state index is -0.835. The Morgan fingerprint density at radius 2 is 1.90 bits per heavy atom. The third kappa shape index (κ3) is 4.33. The lowest BCUT2D eigenvalue weighted by Crippen LogP contribution is -2.43. The number of likely N-dealkylation sites (N-methyl/N-ethyl adjacent to an activating group) is 1. The van der Waals surface area contributed by atoms with Crippen LogP contribution >= 0.6 is 0 Å². The van der Waals surface area contributed by atoms with E-state index in [0.717, 1.165) is 42.9 Å². The minimum Gasteiger partial charge on any atom is -0.394 e. The van der Waals surface area contributed by atoms with Crippen molar-refractivity contribution in [2.45, 2.75) is 6.10 Å². The highest BCUT2D eigenvalue weighted by Crippen LogP contribution is 2.27. The van der Waals surface area contributed by atoms with Crippen LogP contribution < -0.4 is 20.4 Å². The third-order valence-electron chi connectivity index (χ3n) is 5.37. The molecule has 0 spiro atoms. The standard InChI is InChI=1S/C21H29N7O2/c1-26-10-7-18-19(26)24-21(25-20(18)27(2)13-17(30)14-29)23-15-3-5-16(6-4-15)28-11-8-22-9-12-28/h3-7,10,17,22,29-30H,8-9,11-14H2,1-2H3,(H,23,24,25). The number of hydrogen-bond donors (Lipinski definition) is 4. The van der Waals surface area contributed by atoms with Crippen LogP contribution in [0.4, 0.5) is 23.1 Å². The molecule has 1 fully saturated rings. The molecule has 1 atom stereocenters. The number of aliphatic hydroxyl groups is 2. The van der Waals surface area contributed by atoms with Crippen molar-refractivity contribution in [3.8, 4) is 0 Å². The minimum absolute atomic E-state index is 0.274. The van der Waals surface area contributed by atoms with E-state index in [2.05, 4.69) is 37.6 Å². The van der Waals surface area contributed by atoms with Gasteiger partial charge in [0.25, 0.3) is 0 Å². The lowest BCUT2D eigenvalue weighted by atomic mass is 10.2. The molecule has 1 saturated heterocycles. The Bertz CT molecular complexity index is 983. The molecule has 4 rings (SSSR count). The number of anilines is 4. The fourth-order valence-corrected chi connectivity index (χ4v) is 3.74. The number of rotatable bonds is 7. The molecule has 0 saturated carbocycles. The molecule has 4 N–H and O–H groups in total. The first-order valence-corrected chi connectivity index (χ1v) is 10.2. The van der Waals surface area contributed by atoms with Gasteiger partial charge in [0.05, 0.1) is 18.1 Å². The second kappa shape index (κ2) is 8.86. The van der Waals surface area contributed by atoms with E-state index in [9.17, 15) is 10.2 Å². The van der Waals surface area contributed by atoms with Crippen LogP contribution in [0.1, 0.15) is 0 Å². The second-order valence-electron chi connectivity index (χ2n) is 7.66. The summed E-state index contributed by atoms with van der Waals surface area (Å²) in [7, 11) is 3.79. The molecule has 9 nitrogen and oxygen atoms in total. The van der Waals surface area contributed by atoms with E-state index in [1.165, 1.54) is 5.69 Å². The lowest BCUT2D eigenvalue weighted by Gasteiger charge is -2.29. The van der Waals surface area contributed by atoms with E-state index in [4.69, 9.17) is 0 Å². The van der Waals surface area contributed by atoms with E-state index < -0.39 is 6.10 Å². The smallest absolute Gasteiger partial charge is 0.231 e. The topological polar surface area (TPSA) is 102 Å². The monoisotopic (exact) mass is 411 g/mol. The number of aryl methyl sites for hydroxylation is 1. The number of nitrogens with zero attached hydrogens (tertiary/aromatic N) is 5. The first-order valence-electron chi connectivity index (χ1n) is 10.2. The van der Waals surface area contributed by atoms with Crippen LogP contribution in [-0.2, 0) is 7.05 Å². The SMILES string of the molecule is CN(CC(O)CO)c1nc(Nc2ccc(N3CCNCC3)cc2)nc2c1ccn2C. The average molecular weight is 412 g/mol. The fourth-order valence-electron chi connectivity index (χ4n) is 3.74. The first-order chi connectivity index (χ1) is 14.5. The van der Waals surface area contributed by atoms with Gasteiger partial charge < -0.3 is 35.2 Å². The number of aromatic nitrogens is 3. The maximum absolute atomic E-state index is 9.84. The number of nitrogens with one attached hydrogen (secondary N) is 2. The highest BCUT2D eigenvalue weighted by Gasteiger charge is 2.17. The van der Waals surface area contributed by atoms with Crippen molar-refractivity contribution in [2.24, 2.45) is 7.05 Å². The normalized spacial score (nSPS) is 15.4. The summed E-state index contributed by atoms with van der Waals surface area (Å²) in [6.45, 7) is 4.01. The zero-order chi connectivity index (χ0) is 21.1. The Morgan fingerprint density at radius 1 is 1.17 bits per heavy atom. The highest BCUT2D eigenvalue weighted by atomic mass is 16.3. The van der Waals surface area contributed by atoms with Crippen molar-refractivity contribution < 1.29 is 10.2 Å². The van der Waals surface area contributed by atoms with Crippen LogP contribution in [0.5, 0.6) is 0 Å². The quantitative estimate of drug-likeness (QED) is 0.455. The molecule has 3 aromatic rings. The molecular weight excluding hydrogens is 382 g/mol. The van der Waals surface area contributed by atoms with E-state index >= 15 is 0 Å². The molecule has 160 valence electrons. The van der Waals surface area contributed by atoms with Crippen LogP contribution in [0.15, 0.2) is 36.5 Å². The van der Waals surface area contributed by atoms with Gasteiger partial charge in [-0.1, -0.05) is 0 Å². The summed E-state index contributed by atoms with van der Waals surface area (Å²) in [5, 5.41) is 26.6. The molecule has 0 amide bonds. The average Bonchev–Trinajstić information content (AvgIpc) is 3.15. The highest BCUT2D eigenvalue weighted by molar-refractivity contribution is 5.89. The Balaban J connectivity index is 1.58. The molecule has 1 aliphatic rings. The molecule has 9 heteroatoms.